The van der Waals surface area contributed by atoms with Gasteiger partial charge in [-0.25, -0.2) is 4.72 Å². The van der Waals surface area contributed by atoms with Crippen molar-refractivity contribution in [2.75, 3.05) is 0 Å². The highest BCUT2D eigenvalue weighted by atomic mass is 32.2. The lowest BCUT2D eigenvalue weighted by molar-refractivity contribution is -0.123. The first-order valence-corrected chi connectivity index (χ1v) is 5.78. The number of hydrogen-bond acceptors (Lipinski definition) is 5. The maximum absolute atomic E-state index is 12.0. The Kier molecular flexibility index (Phi) is 3.07. The van der Waals surface area contributed by atoms with Gasteiger partial charge in [-0.3, -0.25) is 10.2 Å². The summed E-state index contributed by atoms with van der Waals surface area (Å²) >= 11 is 0. The molecule has 2 unspecified atom stereocenters. The van der Waals surface area contributed by atoms with Gasteiger partial charge in [-0.05, 0) is 12.3 Å². The van der Waals surface area contributed by atoms with Crippen LogP contribution in [0.2, 0.25) is 0 Å². The summed E-state index contributed by atoms with van der Waals surface area (Å²) < 4.78 is 58.1. The van der Waals surface area contributed by atoms with Gasteiger partial charge in [0.15, 0.2) is 0 Å². The SMILES string of the molecule is CC1CC1(NN=O)C(=O)NS(=O)(=O)C(F)(F)F. The van der Waals surface area contributed by atoms with Crippen molar-refractivity contribution in [1.29, 1.82) is 0 Å². The molecular weight excluding hydrogens is 267 g/mol. The van der Waals surface area contributed by atoms with Gasteiger partial charge in [-0.2, -0.15) is 21.6 Å². The fourth-order valence-electron chi connectivity index (χ4n) is 1.30. The summed E-state index contributed by atoms with van der Waals surface area (Å²) in [6.45, 7) is 1.46. The second kappa shape index (κ2) is 3.82. The quantitative estimate of drug-likeness (QED) is 0.555. The highest BCUT2D eigenvalue weighted by Crippen LogP contribution is 2.43. The summed E-state index contributed by atoms with van der Waals surface area (Å²) in [4.78, 5) is 21.3. The molecule has 2 N–H and O–H groups in total. The van der Waals surface area contributed by atoms with Crippen LogP contribution in [0.15, 0.2) is 5.29 Å². The summed E-state index contributed by atoms with van der Waals surface area (Å²) in [6, 6.07) is 0. The van der Waals surface area contributed by atoms with Gasteiger partial charge in [0.2, 0.25) is 0 Å². The Balaban J connectivity index is 2.84. The van der Waals surface area contributed by atoms with Gasteiger partial charge in [0, 0.05) is 0 Å². The lowest BCUT2D eigenvalue weighted by Crippen LogP contribution is -2.50. The second-order valence-corrected chi connectivity index (χ2v) is 5.33. The van der Waals surface area contributed by atoms with Crippen LogP contribution in [0.25, 0.3) is 0 Å². The molecule has 0 saturated heterocycles. The number of carbonyl (C=O) groups excluding carboxylic acids is 1. The van der Waals surface area contributed by atoms with Gasteiger partial charge in [0.05, 0.1) is 5.29 Å². The Morgan fingerprint density at radius 1 is 1.47 bits per heavy atom. The predicted octanol–water partition coefficient (Wildman–Crippen LogP) is 0.00180. The van der Waals surface area contributed by atoms with E-state index in [1.807, 2.05) is 0 Å². The van der Waals surface area contributed by atoms with Crippen molar-refractivity contribution in [1.82, 2.24) is 10.1 Å². The van der Waals surface area contributed by atoms with E-state index in [2.05, 4.69) is 5.29 Å². The van der Waals surface area contributed by atoms with Crippen molar-refractivity contribution in [2.45, 2.75) is 24.4 Å². The normalized spacial score (nSPS) is 28.4. The minimum absolute atomic E-state index is 0.0257. The number of nitrogens with zero attached hydrogens (tertiary/aromatic N) is 1. The summed E-state index contributed by atoms with van der Waals surface area (Å²) in [5.41, 5.74) is -5.47. The molecule has 0 spiro atoms. The van der Waals surface area contributed by atoms with Gasteiger partial charge in [-0.15, -0.1) is 4.91 Å². The topological polar surface area (TPSA) is 105 Å². The van der Waals surface area contributed by atoms with Gasteiger partial charge in [0.25, 0.3) is 5.91 Å². The van der Waals surface area contributed by atoms with Crippen LogP contribution in [0.3, 0.4) is 0 Å². The molecule has 0 bridgehead atoms. The molecule has 17 heavy (non-hydrogen) atoms. The van der Waals surface area contributed by atoms with E-state index in [0.29, 0.717) is 0 Å². The molecule has 1 aliphatic carbocycles. The molecule has 0 aliphatic heterocycles. The predicted molar refractivity (Wildman–Crippen MR) is 48.6 cm³/mol. The number of carbonyl (C=O) groups is 1. The van der Waals surface area contributed by atoms with Crippen molar-refractivity contribution in [3.63, 3.8) is 0 Å². The third-order valence-corrected chi connectivity index (χ3v) is 3.55. The first-order valence-electron chi connectivity index (χ1n) is 4.30. The molecule has 0 aromatic heterocycles. The number of nitroso groups, excluding NO2 is 1. The monoisotopic (exact) mass is 275 g/mol. The molecule has 1 aliphatic rings. The molecule has 98 valence electrons. The molecule has 1 fully saturated rings. The average Bonchev–Trinajstić information content (AvgIpc) is 2.76. The van der Waals surface area contributed by atoms with Crippen molar-refractivity contribution >= 4 is 15.9 Å². The molecule has 1 amide bonds. The first-order chi connectivity index (χ1) is 7.57. The van der Waals surface area contributed by atoms with E-state index in [-0.39, 0.29) is 6.42 Å². The van der Waals surface area contributed by atoms with Crippen molar-refractivity contribution < 1.29 is 26.4 Å². The zero-order chi connectivity index (χ0) is 13.5. The number of sulfonamides is 1. The molecule has 0 heterocycles. The molecule has 7 nitrogen and oxygen atoms in total. The van der Waals surface area contributed by atoms with Crippen LogP contribution >= 0.6 is 0 Å². The molecular formula is C6H8F3N3O4S. The Morgan fingerprint density at radius 3 is 2.24 bits per heavy atom. The summed E-state index contributed by atoms with van der Waals surface area (Å²) in [5, 5.41) is 2.20. The average molecular weight is 275 g/mol. The first kappa shape index (κ1) is 13.7. The van der Waals surface area contributed by atoms with E-state index in [9.17, 15) is 31.3 Å². The molecule has 0 radical (unpaired) electrons. The number of halogens is 3. The Morgan fingerprint density at radius 2 is 1.94 bits per heavy atom. The summed E-state index contributed by atoms with van der Waals surface area (Å²) in [7, 11) is -5.77. The van der Waals surface area contributed by atoms with Crippen LogP contribution in [0.1, 0.15) is 13.3 Å². The molecule has 1 saturated carbocycles. The van der Waals surface area contributed by atoms with Crippen molar-refractivity contribution in [3.05, 3.63) is 4.91 Å². The van der Waals surface area contributed by atoms with Crippen LogP contribution in [-0.4, -0.2) is 25.4 Å². The van der Waals surface area contributed by atoms with Gasteiger partial charge >= 0.3 is 15.5 Å². The number of amides is 1. The number of nitrogens with one attached hydrogen (secondary N) is 2. The van der Waals surface area contributed by atoms with E-state index in [4.69, 9.17) is 0 Å². The van der Waals surface area contributed by atoms with E-state index in [1.165, 1.54) is 6.92 Å². The fraction of sp³-hybridized carbons (Fsp3) is 0.833. The van der Waals surface area contributed by atoms with Gasteiger partial charge in [0.1, 0.15) is 5.54 Å². The number of hydrogen-bond donors (Lipinski definition) is 2. The summed E-state index contributed by atoms with van der Waals surface area (Å²) in [5.74, 6) is -1.93. The third kappa shape index (κ3) is 2.33. The molecule has 1 rings (SSSR count). The van der Waals surface area contributed by atoms with Crippen molar-refractivity contribution in [3.8, 4) is 0 Å². The van der Waals surface area contributed by atoms with Crippen LogP contribution < -0.4 is 10.1 Å². The highest BCUT2D eigenvalue weighted by molar-refractivity contribution is 7.90. The maximum atomic E-state index is 12.0. The smallest absolute Gasteiger partial charge is 0.271 e. The zero-order valence-corrected chi connectivity index (χ0v) is 9.22. The minimum atomic E-state index is -5.77. The molecule has 0 aromatic carbocycles. The number of rotatable bonds is 4. The zero-order valence-electron chi connectivity index (χ0n) is 8.41. The van der Waals surface area contributed by atoms with E-state index < -0.39 is 32.9 Å². The van der Waals surface area contributed by atoms with Crippen LogP contribution in [0.5, 0.6) is 0 Å². The van der Waals surface area contributed by atoms with E-state index in [0.717, 1.165) is 4.72 Å². The Bertz CT molecular complexity index is 448. The fourth-order valence-corrected chi connectivity index (χ4v) is 1.84. The Labute approximate surface area is 93.7 Å². The van der Waals surface area contributed by atoms with Crippen LogP contribution in [0.4, 0.5) is 13.2 Å². The van der Waals surface area contributed by atoms with Crippen molar-refractivity contribution in [2.24, 2.45) is 11.2 Å². The largest absolute Gasteiger partial charge is 0.516 e. The van der Waals surface area contributed by atoms with E-state index >= 15 is 0 Å². The van der Waals surface area contributed by atoms with Crippen LogP contribution in [0, 0.1) is 10.8 Å². The third-order valence-electron chi connectivity index (χ3n) is 2.49. The second-order valence-electron chi connectivity index (χ2n) is 3.66. The van der Waals surface area contributed by atoms with Gasteiger partial charge in [-0.1, -0.05) is 6.92 Å². The molecule has 2 atom stereocenters. The van der Waals surface area contributed by atoms with E-state index in [1.54, 1.807) is 5.43 Å². The lowest BCUT2D eigenvalue weighted by Gasteiger charge is -2.15. The maximum Gasteiger partial charge on any atom is 0.516 e. The summed E-state index contributed by atoms with van der Waals surface area (Å²) in [6.07, 6.45) is 0.0257. The highest BCUT2D eigenvalue weighted by Gasteiger charge is 2.61. The molecule has 0 aromatic rings. The standard InChI is InChI=1S/C6H8F3N3O4S/c1-3-2-5(3,11-12-14)4(13)10-17(15,16)6(7,8)9/h3H,2H2,1H3,(H,10,13)(H,11,14). The lowest BCUT2D eigenvalue weighted by atomic mass is 10.2. The minimum Gasteiger partial charge on any atom is -0.271 e. The van der Waals surface area contributed by atoms with Crippen LogP contribution in [-0.2, 0) is 14.8 Å². The number of alkyl halides is 3. The molecule has 11 heteroatoms. The van der Waals surface area contributed by atoms with Gasteiger partial charge < -0.3 is 0 Å². The Hall–Kier alpha value is -1.39.